The molecule has 0 unspecified atom stereocenters. The molecule has 0 aliphatic carbocycles. The van der Waals surface area contributed by atoms with E-state index in [2.05, 4.69) is 0 Å². The van der Waals surface area contributed by atoms with Crippen LogP contribution >= 0.6 is 0 Å². The maximum absolute atomic E-state index is 12.1. The summed E-state index contributed by atoms with van der Waals surface area (Å²) in [7, 11) is 0. The second-order valence-electron chi connectivity index (χ2n) is 4.38. The first-order chi connectivity index (χ1) is 10.2. The molecule has 21 heavy (non-hydrogen) atoms. The highest BCUT2D eigenvalue weighted by Crippen LogP contribution is 2.29. The molecule has 3 aromatic rings. The summed E-state index contributed by atoms with van der Waals surface area (Å²) in [4.78, 5) is 23.8. The molecule has 0 aliphatic rings. The number of fused-ring (bicyclic) bond motifs is 1. The molecule has 3 rings (SSSR count). The van der Waals surface area contributed by atoms with Crippen LogP contribution in [0.5, 0.6) is 5.75 Å². The third-order valence-electron chi connectivity index (χ3n) is 3.00. The summed E-state index contributed by atoms with van der Waals surface area (Å²) in [6.07, 6.45) is 0. The Morgan fingerprint density at radius 1 is 1.00 bits per heavy atom. The molecular weight excluding hydrogens is 270 g/mol. The maximum atomic E-state index is 12.1. The fourth-order valence-corrected chi connectivity index (χ4v) is 1.97. The van der Waals surface area contributed by atoms with Crippen molar-refractivity contribution in [1.29, 1.82) is 0 Å². The van der Waals surface area contributed by atoms with Crippen LogP contribution in [0.25, 0.3) is 11.0 Å². The Bertz CT molecular complexity index is 868. The van der Waals surface area contributed by atoms with E-state index in [0.29, 0.717) is 16.5 Å². The Morgan fingerprint density at radius 3 is 2.43 bits per heavy atom. The zero-order chi connectivity index (χ0) is 14.8. The lowest BCUT2D eigenvalue weighted by Gasteiger charge is -2.09. The van der Waals surface area contributed by atoms with Crippen LogP contribution in [-0.4, -0.2) is 5.97 Å². The van der Waals surface area contributed by atoms with E-state index >= 15 is 0 Å². The molecule has 0 bridgehead atoms. The van der Waals surface area contributed by atoms with Crippen LogP contribution in [0.3, 0.4) is 0 Å². The van der Waals surface area contributed by atoms with Gasteiger partial charge in [0.2, 0.25) is 0 Å². The standard InChI is InChI=1S/C16H11NO4/c17-13-14(21-15(18)10-6-2-1-3-7-10)11-8-4-5-9-12(11)20-16(13)19/h1-9H,17H2. The Hall–Kier alpha value is -3.08. The van der Waals surface area contributed by atoms with Gasteiger partial charge in [-0.3, -0.25) is 0 Å². The summed E-state index contributed by atoms with van der Waals surface area (Å²) in [6.45, 7) is 0. The third-order valence-corrected chi connectivity index (χ3v) is 3.00. The normalized spacial score (nSPS) is 10.5. The summed E-state index contributed by atoms with van der Waals surface area (Å²) in [5.41, 5.74) is 5.42. The molecule has 0 aliphatic heterocycles. The molecule has 0 saturated carbocycles. The molecule has 1 heterocycles. The van der Waals surface area contributed by atoms with Crippen LogP contribution in [-0.2, 0) is 0 Å². The maximum Gasteiger partial charge on any atom is 0.363 e. The highest BCUT2D eigenvalue weighted by Gasteiger charge is 2.17. The molecule has 2 N–H and O–H groups in total. The van der Waals surface area contributed by atoms with Crippen molar-refractivity contribution in [3.05, 3.63) is 70.6 Å². The summed E-state index contributed by atoms with van der Waals surface area (Å²) < 4.78 is 10.3. The van der Waals surface area contributed by atoms with E-state index in [-0.39, 0.29) is 11.4 Å². The fraction of sp³-hybridized carbons (Fsp3) is 0. The van der Waals surface area contributed by atoms with E-state index in [1.165, 1.54) is 0 Å². The first-order valence-electron chi connectivity index (χ1n) is 6.25. The lowest BCUT2D eigenvalue weighted by molar-refractivity contribution is 0.0737. The Balaban J connectivity index is 2.10. The van der Waals surface area contributed by atoms with Gasteiger partial charge in [-0.05, 0) is 24.3 Å². The van der Waals surface area contributed by atoms with Crippen molar-refractivity contribution in [3.63, 3.8) is 0 Å². The van der Waals surface area contributed by atoms with E-state index in [1.54, 1.807) is 54.6 Å². The summed E-state index contributed by atoms with van der Waals surface area (Å²) in [5.74, 6) is -0.561. The average molecular weight is 281 g/mol. The van der Waals surface area contributed by atoms with Crippen LogP contribution in [0.1, 0.15) is 10.4 Å². The van der Waals surface area contributed by atoms with Crippen LogP contribution in [0.15, 0.2) is 63.8 Å². The van der Waals surface area contributed by atoms with Gasteiger partial charge in [-0.2, -0.15) is 0 Å². The zero-order valence-electron chi connectivity index (χ0n) is 10.9. The molecular formula is C16H11NO4. The molecule has 5 nitrogen and oxygen atoms in total. The van der Waals surface area contributed by atoms with Crippen molar-refractivity contribution in [1.82, 2.24) is 0 Å². The molecule has 0 fully saturated rings. The first kappa shape index (κ1) is 12.9. The SMILES string of the molecule is Nc1c(OC(=O)c2ccccc2)c2ccccc2oc1=O. The van der Waals surface area contributed by atoms with Crippen molar-refractivity contribution >= 4 is 22.6 Å². The Kier molecular flexibility index (Phi) is 3.16. The van der Waals surface area contributed by atoms with Crippen molar-refractivity contribution < 1.29 is 13.9 Å². The summed E-state index contributed by atoms with van der Waals surface area (Å²) >= 11 is 0. The fourth-order valence-electron chi connectivity index (χ4n) is 1.97. The Labute approximate surface area is 119 Å². The van der Waals surface area contributed by atoms with Gasteiger partial charge in [0.15, 0.2) is 11.4 Å². The number of para-hydroxylation sites is 1. The van der Waals surface area contributed by atoms with E-state index in [4.69, 9.17) is 14.9 Å². The molecule has 104 valence electrons. The molecule has 5 heteroatoms. The number of nitrogen functional groups attached to an aromatic ring is 1. The van der Waals surface area contributed by atoms with Gasteiger partial charge in [-0.15, -0.1) is 0 Å². The largest absolute Gasteiger partial charge is 0.421 e. The summed E-state index contributed by atoms with van der Waals surface area (Å²) in [5, 5.41) is 0.471. The van der Waals surface area contributed by atoms with Crippen LogP contribution in [0, 0.1) is 0 Å². The van der Waals surface area contributed by atoms with E-state index in [9.17, 15) is 9.59 Å². The number of nitrogens with two attached hydrogens (primary N) is 1. The number of anilines is 1. The Morgan fingerprint density at radius 2 is 1.67 bits per heavy atom. The lowest BCUT2D eigenvalue weighted by Crippen LogP contribution is -2.14. The van der Waals surface area contributed by atoms with Crippen molar-refractivity contribution in [2.45, 2.75) is 0 Å². The number of hydrogen-bond acceptors (Lipinski definition) is 5. The first-order valence-corrected chi connectivity index (χ1v) is 6.25. The van der Waals surface area contributed by atoms with Gasteiger partial charge in [-0.1, -0.05) is 30.3 Å². The van der Waals surface area contributed by atoms with Gasteiger partial charge in [0.1, 0.15) is 5.58 Å². The minimum absolute atomic E-state index is 0.0238. The number of carbonyl (C=O) groups excluding carboxylic acids is 1. The highest BCUT2D eigenvalue weighted by molar-refractivity contribution is 5.96. The lowest BCUT2D eigenvalue weighted by atomic mass is 10.2. The van der Waals surface area contributed by atoms with Gasteiger partial charge in [0.05, 0.1) is 10.9 Å². The van der Waals surface area contributed by atoms with Crippen molar-refractivity contribution in [3.8, 4) is 5.75 Å². The van der Waals surface area contributed by atoms with Gasteiger partial charge in [0, 0.05) is 0 Å². The summed E-state index contributed by atoms with van der Waals surface area (Å²) in [6, 6.07) is 15.2. The van der Waals surface area contributed by atoms with Gasteiger partial charge >= 0.3 is 11.6 Å². The number of benzene rings is 2. The number of rotatable bonds is 2. The topological polar surface area (TPSA) is 82.5 Å². The monoisotopic (exact) mass is 281 g/mol. The second kappa shape index (κ2) is 5.13. The predicted octanol–water partition coefficient (Wildman–Crippen LogP) is 2.59. The number of esters is 1. The van der Waals surface area contributed by atoms with Crippen LogP contribution in [0.4, 0.5) is 5.69 Å². The number of hydrogen-bond donors (Lipinski definition) is 1. The molecule has 0 saturated heterocycles. The molecule has 2 aromatic carbocycles. The quantitative estimate of drug-likeness (QED) is 0.576. The van der Waals surface area contributed by atoms with Gasteiger partial charge in [0.25, 0.3) is 0 Å². The molecule has 0 spiro atoms. The number of carbonyl (C=O) groups is 1. The highest BCUT2D eigenvalue weighted by atomic mass is 16.5. The molecule has 0 radical (unpaired) electrons. The van der Waals surface area contributed by atoms with Crippen LogP contribution in [0.2, 0.25) is 0 Å². The average Bonchev–Trinajstić information content (AvgIpc) is 2.52. The number of ether oxygens (including phenoxy) is 1. The minimum atomic E-state index is -0.732. The van der Waals surface area contributed by atoms with Gasteiger partial charge in [-0.25, -0.2) is 9.59 Å². The van der Waals surface area contributed by atoms with Gasteiger partial charge < -0.3 is 14.9 Å². The zero-order valence-corrected chi connectivity index (χ0v) is 10.9. The van der Waals surface area contributed by atoms with Crippen molar-refractivity contribution in [2.24, 2.45) is 0 Å². The predicted molar refractivity (Wildman–Crippen MR) is 78.3 cm³/mol. The molecule has 0 atom stereocenters. The smallest absolute Gasteiger partial charge is 0.363 e. The van der Waals surface area contributed by atoms with E-state index < -0.39 is 11.6 Å². The second-order valence-corrected chi connectivity index (χ2v) is 4.38. The minimum Gasteiger partial charge on any atom is -0.421 e. The molecule has 0 amide bonds. The van der Waals surface area contributed by atoms with Crippen LogP contribution < -0.4 is 16.1 Å². The van der Waals surface area contributed by atoms with Crippen molar-refractivity contribution in [2.75, 3.05) is 5.73 Å². The van der Waals surface area contributed by atoms with E-state index in [0.717, 1.165) is 0 Å². The third kappa shape index (κ3) is 2.36. The van der Waals surface area contributed by atoms with E-state index in [1.807, 2.05) is 0 Å². The molecule has 1 aromatic heterocycles.